The first-order chi connectivity index (χ1) is 15.7. The van der Waals surface area contributed by atoms with Gasteiger partial charge in [0, 0.05) is 29.0 Å². The maximum Gasteiger partial charge on any atom is 0.279 e. The summed E-state index contributed by atoms with van der Waals surface area (Å²) in [7, 11) is 0. The van der Waals surface area contributed by atoms with E-state index in [2.05, 4.69) is 22.2 Å². The van der Waals surface area contributed by atoms with Crippen LogP contribution in [0.25, 0.3) is 0 Å². The van der Waals surface area contributed by atoms with Gasteiger partial charge in [0.1, 0.15) is 5.69 Å². The molecule has 0 spiro atoms. The number of hydrogen-bond donors (Lipinski definition) is 1. The molecular formula is C25H28N4O2S. The van der Waals surface area contributed by atoms with Gasteiger partial charge in [0.2, 0.25) is 5.91 Å². The van der Waals surface area contributed by atoms with Crippen LogP contribution < -0.4 is 10.2 Å². The van der Waals surface area contributed by atoms with Gasteiger partial charge in [-0.25, -0.2) is 4.98 Å². The Balaban J connectivity index is 1.74. The summed E-state index contributed by atoms with van der Waals surface area (Å²) in [5.74, 6) is -0.504. The summed E-state index contributed by atoms with van der Waals surface area (Å²) >= 11 is 1.47. The van der Waals surface area contributed by atoms with Crippen LogP contribution in [0.5, 0.6) is 0 Å². The van der Waals surface area contributed by atoms with Crippen molar-refractivity contribution in [3.05, 3.63) is 76.5 Å². The number of carbonyl (C=O) groups is 2. The van der Waals surface area contributed by atoms with Crippen LogP contribution in [0.1, 0.15) is 66.0 Å². The molecule has 1 fully saturated rings. The summed E-state index contributed by atoms with van der Waals surface area (Å²) in [5, 5.41) is 5.16. The Morgan fingerprint density at radius 2 is 1.91 bits per heavy atom. The third kappa shape index (κ3) is 5.05. The molecule has 166 valence electrons. The number of amides is 2. The molecule has 1 N–H and O–H groups in total. The lowest BCUT2D eigenvalue weighted by atomic mass is 9.95. The van der Waals surface area contributed by atoms with Crippen molar-refractivity contribution in [1.82, 2.24) is 15.3 Å². The summed E-state index contributed by atoms with van der Waals surface area (Å²) in [6, 6.07) is 11.0. The minimum atomic E-state index is -0.779. The van der Waals surface area contributed by atoms with Crippen molar-refractivity contribution in [2.45, 2.75) is 57.5 Å². The first-order valence-electron chi connectivity index (χ1n) is 11.2. The first kappa shape index (κ1) is 22.1. The number of anilines is 1. The molecule has 4 rings (SSSR count). The SMILES string of the molecule is CCc1ccc(N(C(=O)c2cnccn2)C(C(=O)NC2CCCCC2)c2cccs2)cc1. The number of nitrogens with zero attached hydrogens (tertiary/aromatic N) is 3. The average molecular weight is 449 g/mol. The lowest BCUT2D eigenvalue weighted by molar-refractivity contribution is -0.123. The number of benzene rings is 1. The third-order valence-corrected chi connectivity index (χ3v) is 6.82. The van der Waals surface area contributed by atoms with E-state index in [4.69, 9.17) is 0 Å². The van der Waals surface area contributed by atoms with Gasteiger partial charge in [0.15, 0.2) is 6.04 Å². The summed E-state index contributed by atoms with van der Waals surface area (Å²) < 4.78 is 0. The van der Waals surface area contributed by atoms with Gasteiger partial charge in [-0.1, -0.05) is 44.4 Å². The molecule has 1 saturated carbocycles. The molecule has 7 heteroatoms. The van der Waals surface area contributed by atoms with Crippen molar-refractivity contribution in [2.75, 3.05) is 4.90 Å². The highest BCUT2D eigenvalue weighted by Crippen LogP contribution is 2.32. The highest BCUT2D eigenvalue weighted by molar-refractivity contribution is 7.10. The molecule has 32 heavy (non-hydrogen) atoms. The van der Waals surface area contributed by atoms with Crippen molar-refractivity contribution >= 4 is 28.8 Å². The van der Waals surface area contributed by atoms with Gasteiger partial charge in [-0.15, -0.1) is 11.3 Å². The highest BCUT2D eigenvalue weighted by Gasteiger charge is 2.35. The zero-order valence-corrected chi connectivity index (χ0v) is 19.1. The van der Waals surface area contributed by atoms with Crippen molar-refractivity contribution < 1.29 is 9.59 Å². The Kier molecular flexibility index (Phi) is 7.27. The molecule has 0 saturated heterocycles. The number of carbonyl (C=O) groups excluding carboxylic acids is 2. The topological polar surface area (TPSA) is 75.2 Å². The molecular weight excluding hydrogens is 420 g/mol. The van der Waals surface area contributed by atoms with E-state index in [0.717, 1.165) is 37.0 Å². The number of aryl methyl sites for hydroxylation is 1. The molecule has 0 radical (unpaired) electrons. The summed E-state index contributed by atoms with van der Waals surface area (Å²) in [6.07, 6.45) is 10.8. The van der Waals surface area contributed by atoms with Gasteiger partial charge < -0.3 is 5.32 Å². The number of aromatic nitrogens is 2. The van der Waals surface area contributed by atoms with Crippen LogP contribution in [0, 0.1) is 0 Å². The van der Waals surface area contributed by atoms with Crippen molar-refractivity contribution in [1.29, 1.82) is 0 Å². The van der Waals surface area contributed by atoms with Gasteiger partial charge >= 0.3 is 0 Å². The van der Waals surface area contributed by atoms with E-state index >= 15 is 0 Å². The second kappa shape index (κ2) is 10.5. The van der Waals surface area contributed by atoms with E-state index in [9.17, 15) is 9.59 Å². The quantitative estimate of drug-likeness (QED) is 0.556. The molecule has 3 aromatic rings. The number of thiophene rings is 1. The molecule has 1 unspecified atom stereocenters. The van der Waals surface area contributed by atoms with Gasteiger partial charge in [-0.3, -0.25) is 19.5 Å². The standard InChI is InChI=1S/C25H28N4O2S/c1-2-18-10-12-20(13-11-18)29(25(31)21-17-26-14-15-27-21)23(22-9-6-16-32-22)24(30)28-19-7-4-3-5-8-19/h6,9-17,19,23H,2-5,7-8H2,1H3,(H,28,30). The fraction of sp³-hybridized carbons (Fsp3) is 0.360. The van der Waals surface area contributed by atoms with Gasteiger partial charge in [0.25, 0.3) is 5.91 Å². The normalized spacial score (nSPS) is 15.2. The molecule has 1 atom stereocenters. The molecule has 1 aromatic carbocycles. The van der Waals surface area contributed by atoms with Gasteiger partial charge in [-0.2, -0.15) is 0 Å². The molecule has 6 nitrogen and oxygen atoms in total. The Bertz CT molecular complexity index is 1020. The van der Waals surface area contributed by atoms with Crippen molar-refractivity contribution in [2.24, 2.45) is 0 Å². The molecule has 0 bridgehead atoms. The second-order valence-corrected chi connectivity index (χ2v) is 9.03. The second-order valence-electron chi connectivity index (χ2n) is 8.05. The van der Waals surface area contributed by atoms with Crippen LogP contribution in [0.4, 0.5) is 5.69 Å². The van der Waals surface area contributed by atoms with Gasteiger partial charge in [0.05, 0.1) is 6.20 Å². The Morgan fingerprint density at radius 1 is 1.12 bits per heavy atom. The lowest BCUT2D eigenvalue weighted by Gasteiger charge is -2.32. The maximum absolute atomic E-state index is 13.7. The largest absolute Gasteiger partial charge is 0.351 e. The molecule has 1 aliphatic rings. The van der Waals surface area contributed by atoms with Gasteiger partial charge in [-0.05, 0) is 48.4 Å². The first-order valence-corrected chi connectivity index (χ1v) is 12.1. The van der Waals surface area contributed by atoms with E-state index in [0.29, 0.717) is 5.69 Å². The smallest absolute Gasteiger partial charge is 0.279 e. The molecule has 1 aliphatic carbocycles. The summed E-state index contributed by atoms with van der Waals surface area (Å²) in [5.41, 5.74) is 2.04. The van der Waals surface area contributed by atoms with E-state index in [1.54, 1.807) is 4.90 Å². The zero-order chi connectivity index (χ0) is 22.3. The Hall–Kier alpha value is -3.06. The maximum atomic E-state index is 13.7. The van der Waals surface area contributed by atoms with Crippen LogP contribution >= 0.6 is 11.3 Å². The predicted octanol–water partition coefficient (Wildman–Crippen LogP) is 4.94. The van der Waals surface area contributed by atoms with Crippen LogP contribution in [-0.4, -0.2) is 27.8 Å². The minimum absolute atomic E-state index is 0.148. The molecule has 2 aromatic heterocycles. The van der Waals surface area contributed by atoms with E-state index < -0.39 is 6.04 Å². The molecule has 0 aliphatic heterocycles. The fourth-order valence-electron chi connectivity index (χ4n) is 4.16. The van der Waals surface area contributed by atoms with Crippen molar-refractivity contribution in [3.8, 4) is 0 Å². The summed E-state index contributed by atoms with van der Waals surface area (Å²) in [4.78, 5) is 38.0. The number of nitrogens with one attached hydrogen (secondary N) is 1. The average Bonchev–Trinajstić information content (AvgIpc) is 3.37. The van der Waals surface area contributed by atoms with Crippen LogP contribution in [0.3, 0.4) is 0 Å². The monoisotopic (exact) mass is 448 g/mol. The zero-order valence-electron chi connectivity index (χ0n) is 18.2. The van der Waals surface area contributed by atoms with E-state index in [-0.39, 0.29) is 23.6 Å². The van der Waals surface area contributed by atoms with Crippen LogP contribution in [-0.2, 0) is 11.2 Å². The molecule has 2 heterocycles. The fourth-order valence-corrected chi connectivity index (χ4v) is 4.97. The van der Waals surface area contributed by atoms with Crippen molar-refractivity contribution in [3.63, 3.8) is 0 Å². The van der Waals surface area contributed by atoms with E-state index in [1.165, 1.54) is 41.9 Å². The predicted molar refractivity (Wildman–Crippen MR) is 127 cm³/mol. The minimum Gasteiger partial charge on any atom is -0.351 e. The molecule has 2 amide bonds. The third-order valence-electron chi connectivity index (χ3n) is 5.89. The Morgan fingerprint density at radius 3 is 2.53 bits per heavy atom. The van der Waals surface area contributed by atoms with Crippen LogP contribution in [0.2, 0.25) is 0 Å². The lowest BCUT2D eigenvalue weighted by Crippen LogP contribution is -2.47. The number of hydrogen-bond acceptors (Lipinski definition) is 5. The summed E-state index contributed by atoms with van der Waals surface area (Å²) in [6.45, 7) is 2.09. The Labute approximate surface area is 192 Å². The van der Waals surface area contributed by atoms with E-state index in [1.807, 2.05) is 41.8 Å². The number of rotatable bonds is 7. The van der Waals surface area contributed by atoms with Crippen LogP contribution in [0.15, 0.2) is 60.4 Å². The highest BCUT2D eigenvalue weighted by atomic mass is 32.1.